The van der Waals surface area contributed by atoms with Gasteiger partial charge in [-0.3, -0.25) is 4.68 Å². The van der Waals surface area contributed by atoms with Crippen LogP contribution in [0.15, 0.2) is 24.3 Å². The summed E-state index contributed by atoms with van der Waals surface area (Å²) in [6, 6.07) is 8.34. The zero-order valence-electron chi connectivity index (χ0n) is 13.9. The third-order valence-corrected chi connectivity index (χ3v) is 3.65. The highest BCUT2D eigenvalue weighted by Gasteiger charge is 2.20. The van der Waals surface area contributed by atoms with Crippen LogP contribution in [-0.4, -0.2) is 9.78 Å². The van der Waals surface area contributed by atoms with Gasteiger partial charge in [-0.2, -0.15) is 5.10 Å². The number of nitrogens with one attached hydrogen (secondary N) is 1. The number of benzene rings is 1. The lowest BCUT2D eigenvalue weighted by Gasteiger charge is -2.23. The Morgan fingerprint density at radius 3 is 2.33 bits per heavy atom. The Kier molecular flexibility index (Phi) is 3.99. The smallest absolute Gasteiger partial charge is 0.152 e. The molecule has 0 saturated heterocycles. The molecular formula is C17H26N4. The first-order chi connectivity index (χ1) is 9.71. The molecule has 1 heterocycles. The van der Waals surface area contributed by atoms with E-state index in [-0.39, 0.29) is 5.41 Å². The minimum atomic E-state index is 0.0673. The Bertz CT molecular complexity index is 633. The Labute approximate surface area is 127 Å². The number of nitrogen functional groups attached to an aromatic ring is 1. The summed E-state index contributed by atoms with van der Waals surface area (Å²) in [4.78, 5) is 0. The summed E-state index contributed by atoms with van der Waals surface area (Å²) >= 11 is 0. The Morgan fingerprint density at radius 2 is 1.81 bits per heavy atom. The zero-order valence-corrected chi connectivity index (χ0v) is 13.9. The molecule has 0 unspecified atom stereocenters. The molecule has 3 N–H and O–H groups in total. The summed E-state index contributed by atoms with van der Waals surface area (Å²) in [6.07, 6.45) is 0. The molecule has 4 nitrogen and oxygen atoms in total. The van der Waals surface area contributed by atoms with Crippen LogP contribution in [0.4, 0.5) is 17.2 Å². The van der Waals surface area contributed by atoms with Crippen molar-refractivity contribution in [1.82, 2.24) is 9.78 Å². The van der Waals surface area contributed by atoms with Gasteiger partial charge in [-0.05, 0) is 23.0 Å². The molecule has 1 aromatic heterocycles. The van der Waals surface area contributed by atoms with Crippen molar-refractivity contribution < 1.29 is 0 Å². The monoisotopic (exact) mass is 286 g/mol. The summed E-state index contributed by atoms with van der Waals surface area (Å²) in [5.74, 6) is 1.17. The number of anilines is 3. The molecule has 0 spiro atoms. The Morgan fingerprint density at radius 1 is 1.19 bits per heavy atom. The van der Waals surface area contributed by atoms with Gasteiger partial charge in [0.15, 0.2) is 5.82 Å². The van der Waals surface area contributed by atoms with Gasteiger partial charge in [-0.15, -0.1) is 0 Å². The van der Waals surface area contributed by atoms with E-state index >= 15 is 0 Å². The number of para-hydroxylation sites is 1. The number of aryl methyl sites for hydroxylation is 1. The number of aromatic nitrogens is 2. The first-order valence-corrected chi connectivity index (χ1v) is 7.40. The Hall–Kier alpha value is -1.97. The van der Waals surface area contributed by atoms with E-state index in [0.717, 1.165) is 22.9 Å². The minimum absolute atomic E-state index is 0.0673. The highest BCUT2D eigenvalue weighted by atomic mass is 15.3. The fourth-order valence-electron chi connectivity index (χ4n) is 2.51. The second-order valence-corrected chi connectivity index (χ2v) is 6.85. The maximum Gasteiger partial charge on any atom is 0.152 e. The van der Waals surface area contributed by atoms with Crippen LogP contribution in [0.3, 0.4) is 0 Å². The largest absolute Gasteiger partial charge is 0.394 e. The van der Waals surface area contributed by atoms with Crippen LogP contribution in [0.25, 0.3) is 0 Å². The average molecular weight is 286 g/mol. The van der Waals surface area contributed by atoms with E-state index in [9.17, 15) is 0 Å². The van der Waals surface area contributed by atoms with Gasteiger partial charge in [0.1, 0.15) is 0 Å². The number of nitrogens with zero attached hydrogens (tertiary/aromatic N) is 2. The van der Waals surface area contributed by atoms with Crippen molar-refractivity contribution in [2.75, 3.05) is 11.1 Å². The van der Waals surface area contributed by atoms with Gasteiger partial charge in [0, 0.05) is 12.7 Å². The second kappa shape index (κ2) is 5.43. The van der Waals surface area contributed by atoms with Crippen molar-refractivity contribution in [2.45, 2.75) is 46.0 Å². The van der Waals surface area contributed by atoms with Crippen molar-refractivity contribution >= 4 is 17.2 Å². The zero-order chi connectivity index (χ0) is 15.8. The molecule has 0 aliphatic carbocycles. The fraction of sp³-hybridized carbons (Fsp3) is 0.471. The number of hydrogen-bond acceptors (Lipinski definition) is 3. The van der Waals surface area contributed by atoms with Gasteiger partial charge in [0.2, 0.25) is 0 Å². The van der Waals surface area contributed by atoms with Crippen molar-refractivity contribution in [2.24, 2.45) is 7.05 Å². The van der Waals surface area contributed by atoms with E-state index < -0.39 is 0 Å². The molecule has 114 valence electrons. The molecule has 0 bridgehead atoms. The van der Waals surface area contributed by atoms with Crippen molar-refractivity contribution in [3.8, 4) is 0 Å². The average Bonchev–Trinajstić information content (AvgIpc) is 2.66. The first-order valence-electron chi connectivity index (χ1n) is 7.40. The predicted molar refractivity (Wildman–Crippen MR) is 90.1 cm³/mol. The van der Waals surface area contributed by atoms with E-state index in [4.69, 9.17) is 5.73 Å². The molecule has 1 aromatic carbocycles. The van der Waals surface area contributed by atoms with Crippen LogP contribution in [0.5, 0.6) is 0 Å². The molecule has 2 rings (SSSR count). The maximum absolute atomic E-state index is 6.27. The topological polar surface area (TPSA) is 55.9 Å². The van der Waals surface area contributed by atoms with Crippen LogP contribution in [0.2, 0.25) is 0 Å². The van der Waals surface area contributed by atoms with Crippen LogP contribution in [0, 0.1) is 0 Å². The lowest BCUT2D eigenvalue weighted by molar-refractivity contribution is 0.592. The maximum atomic E-state index is 6.27. The molecule has 0 aliphatic rings. The van der Waals surface area contributed by atoms with Crippen molar-refractivity contribution in [1.29, 1.82) is 0 Å². The summed E-state index contributed by atoms with van der Waals surface area (Å²) in [6.45, 7) is 10.8. The van der Waals surface area contributed by atoms with Crippen LogP contribution < -0.4 is 11.1 Å². The molecule has 4 heteroatoms. The molecule has 0 aliphatic heterocycles. The lowest BCUT2D eigenvalue weighted by atomic mass is 9.86. The van der Waals surface area contributed by atoms with Gasteiger partial charge >= 0.3 is 0 Å². The number of hydrogen-bond donors (Lipinski definition) is 2. The number of rotatable bonds is 3. The molecule has 0 fully saturated rings. The van der Waals surface area contributed by atoms with Crippen molar-refractivity contribution in [3.63, 3.8) is 0 Å². The van der Waals surface area contributed by atoms with E-state index in [0.29, 0.717) is 5.92 Å². The van der Waals surface area contributed by atoms with Gasteiger partial charge in [0.05, 0.1) is 11.4 Å². The van der Waals surface area contributed by atoms with E-state index in [2.05, 4.69) is 63.2 Å². The third-order valence-electron chi connectivity index (χ3n) is 3.65. The highest BCUT2D eigenvalue weighted by molar-refractivity contribution is 5.73. The van der Waals surface area contributed by atoms with E-state index in [1.807, 2.05) is 17.8 Å². The molecule has 0 radical (unpaired) electrons. The molecule has 21 heavy (non-hydrogen) atoms. The predicted octanol–water partition coefficient (Wildman–Crippen LogP) is 4.17. The third kappa shape index (κ3) is 3.04. The fourth-order valence-corrected chi connectivity index (χ4v) is 2.51. The van der Waals surface area contributed by atoms with E-state index in [1.54, 1.807) is 0 Å². The standard InChI is InChI=1S/C17H26N4/c1-11(2)15-14(18)16(21(6)20-15)19-13-10-8-7-9-12(13)17(3,4)5/h7-11,19H,18H2,1-6H3. The van der Waals surface area contributed by atoms with Crippen LogP contribution in [0.1, 0.15) is 51.8 Å². The SMILES string of the molecule is CC(C)c1nn(C)c(Nc2ccccc2C(C)(C)C)c1N. The summed E-state index contributed by atoms with van der Waals surface area (Å²) in [7, 11) is 1.92. The van der Waals surface area contributed by atoms with Gasteiger partial charge in [0.25, 0.3) is 0 Å². The van der Waals surface area contributed by atoms with Crippen molar-refractivity contribution in [3.05, 3.63) is 35.5 Å². The molecule has 0 amide bonds. The normalized spacial score (nSPS) is 12.0. The summed E-state index contributed by atoms with van der Waals surface area (Å²) < 4.78 is 1.82. The molecule has 2 aromatic rings. The number of nitrogens with two attached hydrogens (primary N) is 1. The summed E-state index contributed by atoms with van der Waals surface area (Å²) in [5, 5.41) is 7.99. The van der Waals surface area contributed by atoms with Gasteiger partial charge < -0.3 is 11.1 Å². The lowest BCUT2D eigenvalue weighted by Crippen LogP contribution is -2.14. The molecular weight excluding hydrogens is 260 g/mol. The molecule has 0 saturated carbocycles. The van der Waals surface area contributed by atoms with Crippen LogP contribution in [-0.2, 0) is 12.5 Å². The van der Waals surface area contributed by atoms with Crippen LogP contribution >= 0.6 is 0 Å². The summed E-state index contributed by atoms with van der Waals surface area (Å²) in [5.41, 5.74) is 10.3. The Balaban J connectivity index is 2.45. The minimum Gasteiger partial charge on any atom is -0.394 e. The quantitative estimate of drug-likeness (QED) is 0.890. The highest BCUT2D eigenvalue weighted by Crippen LogP contribution is 2.34. The second-order valence-electron chi connectivity index (χ2n) is 6.85. The van der Waals surface area contributed by atoms with E-state index in [1.165, 1.54) is 5.56 Å². The van der Waals surface area contributed by atoms with Gasteiger partial charge in [-0.25, -0.2) is 0 Å². The van der Waals surface area contributed by atoms with Gasteiger partial charge in [-0.1, -0.05) is 52.8 Å². The first kappa shape index (κ1) is 15.4. The molecule has 0 atom stereocenters.